The van der Waals surface area contributed by atoms with Gasteiger partial charge in [-0.05, 0) is 48.5 Å². The maximum atomic E-state index is 11.9. The molecule has 0 aliphatic rings. The minimum atomic E-state index is -0.591. The van der Waals surface area contributed by atoms with E-state index in [1.807, 2.05) is 0 Å². The van der Waals surface area contributed by atoms with Gasteiger partial charge in [0.15, 0.2) is 12.4 Å². The predicted molar refractivity (Wildman–Crippen MR) is 103 cm³/mol. The summed E-state index contributed by atoms with van der Waals surface area (Å²) in [5.41, 5.74) is 1.26. The van der Waals surface area contributed by atoms with Crippen molar-refractivity contribution >= 4 is 39.4 Å². The van der Waals surface area contributed by atoms with Crippen LogP contribution in [0, 0.1) is 0 Å². The molecular weight excluding hydrogens is 436 g/mol. The molecule has 0 aliphatic carbocycles. The Balaban J connectivity index is 1.47. The van der Waals surface area contributed by atoms with Gasteiger partial charge in [0.2, 0.25) is 5.89 Å². The molecule has 6 nitrogen and oxygen atoms in total. The first-order valence-corrected chi connectivity index (χ1v) is 9.08. The van der Waals surface area contributed by atoms with Crippen molar-refractivity contribution in [2.24, 2.45) is 0 Å². The molecule has 1 heterocycles. The van der Waals surface area contributed by atoms with Gasteiger partial charge in [-0.25, -0.2) is 4.98 Å². The fourth-order valence-corrected chi connectivity index (χ4v) is 2.56. The van der Waals surface area contributed by atoms with Crippen LogP contribution in [-0.2, 0) is 16.1 Å². The zero-order chi connectivity index (χ0) is 19.2. The van der Waals surface area contributed by atoms with Gasteiger partial charge in [-0.2, -0.15) is 0 Å². The highest BCUT2D eigenvalue weighted by atomic mass is 79.9. The van der Waals surface area contributed by atoms with Crippen LogP contribution in [0.2, 0.25) is 5.02 Å². The molecule has 1 aromatic heterocycles. The van der Waals surface area contributed by atoms with E-state index < -0.39 is 5.97 Å². The van der Waals surface area contributed by atoms with Crippen molar-refractivity contribution < 1.29 is 18.7 Å². The van der Waals surface area contributed by atoms with Gasteiger partial charge in [0.25, 0.3) is 5.91 Å². The number of hydrogen-bond acceptors (Lipinski definition) is 5. The molecule has 0 saturated heterocycles. The summed E-state index contributed by atoms with van der Waals surface area (Å²) >= 11 is 9.14. The highest BCUT2D eigenvalue weighted by molar-refractivity contribution is 9.10. The van der Waals surface area contributed by atoms with Crippen molar-refractivity contribution in [3.8, 4) is 11.3 Å². The lowest BCUT2D eigenvalue weighted by Crippen LogP contribution is -2.30. The van der Waals surface area contributed by atoms with Crippen molar-refractivity contribution in [3.63, 3.8) is 0 Å². The van der Waals surface area contributed by atoms with Crippen LogP contribution >= 0.6 is 27.5 Å². The van der Waals surface area contributed by atoms with Crippen molar-refractivity contribution in [3.05, 3.63) is 75.7 Å². The molecule has 27 heavy (non-hydrogen) atoms. The van der Waals surface area contributed by atoms with E-state index in [1.165, 1.54) is 0 Å². The number of carbonyl (C=O) groups is 2. The van der Waals surface area contributed by atoms with Crippen molar-refractivity contribution in [2.75, 3.05) is 6.54 Å². The van der Waals surface area contributed by atoms with Crippen LogP contribution in [0.3, 0.4) is 0 Å². The number of nitrogens with one attached hydrogen (secondary N) is 1. The number of amides is 1. The second-order valence-corrected chi connectivity index (χ2v) is 6.83. The molecule has 0 atom stereocenters. The first-order chi connectivity index (χ1) is 13.0. The molecule has 138 valence electrons. The number of carbonyl (C=O) groups excluding carboxylic acids is 2. The number of halogens is 2. The van der Waals surface area contributed by atoms with Crippen LogP contribution in [0.15, 0.2) is 63.6 Å². The Bertz CT molecular complexity index is 939. The Morgan fingerprint density at radius 2 is 1.81 bits per heavy atom. The summed E-state index contributed by atoms with van der Waals surface area (Å²) in [5, 5.41) is 3.12. The summed E-state index contributed by atoms with van der Waals surface area (Å²) < 4.78 is 11.5. The Labute approximate surface area is 168 Å². The average molecular weight is 450 g/mol. The second-order valence-electron chi connectivity index (χ2n) is 5.48. The topological polar surface area (TPSA) is 81.4 Å². The number of oxazole rings is 1. The fraction of sp³-hybridized carbons (Fsp3) is 0.105. The third kappa shape index (κ3) is 5.42. The minimum Gasteiger partial charge on any atom is -0.454 e. The van der Waals surface area contributed by atoms with Crippen LogP contribution in [-0.4, -0.2) is 23.4 Å². The minimum absolute atomic E-state index is 0.124. The molecule has 1 N–H and O–H groups in total. The largest absolute Gasteiger partial charge is 0.454 e. The lowest BCUT2D eigenvalue weighted by atomic mass is 10.2. The molecule has 0 fully saturated rings. The van der Waals surface area contributed by atoms with Crippen LogP contribution < -0.4 is 5.32 Å². The van der Waals surface area contributed by atoms with Gasteiger partial charge in [-0.15, -0.1) is 0 Å². The monoisotopic (exact) mass is 448 g/mol. The summed E-state index contributed by atoms with van der Waals surface area (Å²) in [5.74, 6) is -0.152. The number of benzene rings is 2. The van der Waals surface area contributed by atoms with Crippen molar-refractivity contribution in [1.29, 1.82) is 0 Å². The van der Waals surface area contributed by atoms with Gasteiger partial charge in [0.1, 0.15) is 6.54 Å². The SMILES string of the molecule is O=C(CNC(=O)c1ccc(Br)cc1)OCc1ncc(-c2ccc(Cl)cc2)o1. The standard InChI is InChI=1S/C19H14BrClN2O4/c20-14-5-1-13(2-6-14)19(25)23-10-18(24)26-11-17-22-9-16(27-17)12-3-7-15(21)8-4-12/h1-9H,10-11H2,(H,23,25). The van der Waals surface area contributed by atoms with Gasteiger partial charge >= 0.3 is 5.97 Å². The smallest absolute Gasteiger partial charge is 0.325 e. The molecule has 0 radical (unpaired) electrons. The van der Waals surface area contributed by atoms with E-state index in [0.29, 0.717) is 16.3 Å². The highest BCUT2D eigenvalue weighted by Crippen LogP contribution is 2.22. The zero-order valence-corrected chi connectivity index (χ0v) is 16.3. The average Bonchev–Trinajstić information content (AvgIpc) is 3.14. The summed E-state index contributed by atoms with van der Waals surface area (Å²) in [6.45, 7) is -0.375. The van der Waals surface area contributed by atoms with E-state index in [4.69, 9.17) is 20.8 Å². The molecule has 0 saturated carbocycles. The summed E-state index contributed by atoms with van der Waals surface area (Å²) in [4.78, 5) is 27.8. The lowest BCUT2D eigenvalue weighted by molar-refractivity contribution is -0.144. The molecule has 2 aromatic carbocycles. The third-order valence-electron chi connectivity index (χ3n) is 3.54. The lowest BCUT2D eigenvalue weighted by Gasteiger charge is -2.05. The van der Waals surface area contributed by atoms with Gasteiger partial charge in [0, 0.05) is 20.6 Å². The van der Waals surface area contributed by atoms with Gasteiger partial charge in [-0.3, -0.25) is 9.59 Å². The summed E-state index contributed by atoms with van der Waals surface area (Å²) in [7, 11) is 0. The van der Waals surface area contributed by atoms with Crippen LogP contribution in [0.1, 0.15) is 16.2 Å². The van der Waals surface area contributed by atoms with E-state index in [-0.39, 0.29) is 24.9 Å². The fourth-order valence-electron chi connectivity index (χ4n) is 2.17. The Morgan fingerprint density at radius 1 is 1.11 bits per heavy atom. The first-order valence-electron chi connectivity index (χ1n) is 7.91. The summed E-state index contributed by atoms with van der Waals surface area (Å²) in [6.07, 6.45) is 1.54. The molecule has 3 rings (SSSR count). The van der Waals surface area contributed by atoms with E-state index in [1.54, 1.807) is 54.7 Å². The number of ether oxygens (including phenoxy) is 1. The maximum Gasteiger partial charge on any atom is 0.325 e. The quantitative estimate of drug-likeness (QED) is 0.570. The Kier molecular flexibility index (Phi) is 6.26. The van der Waals surface area contributed by atoms with Gasteiger partial charge < -0.3 is 14.5 Å². The molecule has 0 spiro atoms. The Hall–Kier alpha value is -2.64. The molecule has 0 unspecified atom stereocenters. The van der Waals surface area contributed by atoms with Crippen LogP contribution in [0.25, 0.3) is 11.3 Å². The second kappa shape index (κ2) is 8.83. The first kappa shape index (κ1) is 19.1. The normalized spacial score (nSPS) is 10.4. The van der Waals surface area contributed by atoms with Gasteiger partial charge in [-0.1, -0.05) is 27.5 Å². The number of hydrogen-bond donors (Lipinski definition) is 1. The number of nitrogens with zero attached hydrogens (tertiary/aromatic N) is 1. The molecule has 0 bridgehead atoms. The van der Waals surface area contributed by atoms with E-state index in [2.05, 4.69) is 26.2 Å². The molecule has 8 heteroatoms. The molecule has 1 amide bonds. The maximum absolute atomic E-state index is 11.9. The van der Waals surface area contributed by atoms with Crippen LogP contribution in [0.4, 0.5) is 0 Å². The number of aromatic nitrogens is 1. The molecular formula is C19H14BrClN2O4. The van der Waals surface area contributed by atoms with Gasteiger partial charge in [0.05, 0.1) is 6.20 Å². The molecule has 3 aromatic rings. The molecule has 0 aliphatic heterocycles. The Morgan fingerprint density at radius 3 is 2.52 bits per heavy atom. The zero-order valence-electron chi connectivity index (χ0n) is 13.9. The van der Waals surface area contributed by atoms with Crippen molar-refractivity contribution in [1.82, 2.24) is 10.3 Å². The predicted octanol–water partition coefficient (Wildman–Crippen LogP) is 4.23. The van der Waals surface area contributed by atoms with Crippen molar-refractivity contribution in [2.45, 2.75) is 6.61 Å². The number of esters is 1. The highest BCUT2D eigenvalue weighted by Gasteiger charge is 2.11. The van der Waals surface area contributed by atoms with E-state index in [0.717, 1.165) is 10.0 Å². The van der Waals surface area contributed by atoms with Crippen LogP contribution in [0.5, 0.6) is 0 Å². The van der Waals surface area contributed by atoms with E-state index in [9.17, 15) is 9.59 Å². The van der Waals surface area contributed by atoms with E-state index >= 15 is 0 Å². The summed E-state index contributed by atoms with van der Waals surface area (Å²) in [6, 6.07) is 13.9. The third-order valence-corrected chi connectivity index (χ3v) is 4.32. The number of rotatable bonds is 6.